The molecule has 0 aliphatic rings. The molecule has 2 unspecified atom stereocenters. The largest absolute Gasteiger partial charge is 0.444 e. The summed E-state index contributed by atoms with van der Waals surface area (Å²) in [6.07, 6.45) is -0.545. The van der Waals surface area contributed by atoms with E-state index in [0.29, 0.717) is 0 Å². The minimum absolute atomic E-state index is 0.0603. The first-order valence-corrected chi connectivity index (χ1v) is 6.21. The fourth-order valence-electron chi connectivity index (χ4n) is 1.85. The second-order valence-electron chi connectivity index (χ2n) is 7.01. The van der Waals surface area contributed by atoms with E-state index in [0.717, 1.165) is 0 Å². The van der Waals surface area contributed by atoms with Crippen molar-refractivity contribution in [2.75, 3.05) is 6.54 Å². The number of hydrogen-bond acceptors (Lipinski definition) is 4. The van der Waals surface area contributed by atoms with Gasteiger partial charge in [0, 0.05) is 6.54 Å². The maximum atomic E-state index is 11.8. The number of amides is 1. The summed E-state index contributed by atoms with van der Waals surface area (Å²) in [5.41, 5.74) is 3.48. The highest BCUT2D eigenvalue weighted by molar-refractivity contribution is 5.68. The Kier molecular flexibility index (Phi) is 5.20. The number of nitrogens with one attached hydrogen (secondary N) is 1. The van der Waals surface area contributed by atoms with Crippen molar-refractivity contribution in [1.82, 2.24) is 5.32 Å². The third-order valence-electron chi connectivity index (χ3n) is 2.56. The molecule has 0 saturated heterocycles. The summed E-state index contributed by atoms with van der Waals surface area (Å²) in [5.74, 6) is 0. The lowest BCUT2D eigenvalue weighted by Crippen LogP contribution is -2.61. The molecule has 4 N–H and O–H groups in total. The molecular weight excluding hydrogens is 232 g/mol. The Morgan fingerprint density at radius 1 is 1.22 bits per heavy atom. The molecule has 0 rings (SSSR count). The average Bonchev–Trinajstić information content (AvgIpc) is 2.09. The summed E-state index contributed by atoms with van der Waals surface area (Å²) >= 11 is 0. The quantitative estimate of drug-likeness (QED) is 0.720. The van der Waals surface area contributed by atoms with E-state index >= 15 is 0 Å². The second-order valence-corrected chi connectivity index (χ2v) is 7.01. The Bertz CT molecular complexity index is 288. The number of carbonyl (C=O) groups excluding carboxylic acids is 1. The highest BCUT2D eigenvalue weighted by atomic mass is 16.6. The molecule has 0 radical (unpaired) electrons. The van der Waals surface area contributed by atoms with Crippen LogP contribution in [0, 0.1) is 5.41 Å². The van der Waals surface area contributed by atoms with E-state index in [2.05, 4.69) is 5.32 Å². The number of nitrogens with two attached hydrogens (primary N) is 1. The maximum Gasteiger partial charge on any atom is 0.407 e. The minimum Gasteiger partial charge on any atom is -0.444 e. The van der Waals surface area contributed by atoms with Gasteiger partial charge in [0.15, 0.2) is 0 Å². The van der Waals surface area contributed by atoms with Crippen molar-refractivity contribution in [3.63, 3.8) is 0 Å². The molecule has 5 heteroatoms. The summed E-state index contributed by atoms with van der Waals surface area (Å²) in [6.45, 7) is 12.8. The van der Waals surface area contributed by atoms with Gasteiger partial charge in [-0.1, -0.05) is 20.8 Å². The van der Waals surface area contributed by atoms with Crippen LogP contribution in [0.3, 0.4) is 0 Å². The summed E-state index contributed by atoms with van der Waals surface area (Å²) in [6, 6.07) is -0.496. The highest BCUT2D eigenvalue weighted by Gasteiger charge is 2.40. The molecule has 0 aromatic rings. The Labute approximate surface area is 110 Å². The molecule has 0 aromatic carbocycles. The van der Waals surface area contributed by atoms with Crippen molar-refractivity contribution in [2.45, 2.75) is 65.7 Å². The van der Waals surface area contributed by atoms with Gasteiger partial charge in [-0.3, -0.25) is 0 Å². The first-order valence-electron chi connectivity index (χ1n) is 6.21. The monoisotopic (exact) mass is 260 g/mol. The predicted octanol–water partition coefficient (Wildman–Crippen LogP) is 1.64. The van der Waals surface area contributed by atoms with E-state index in [1.165, 1.54) is 0 Å². The van der Waals surface area contributed by atoms with Gasteiger partial charge in [-0.2, -0.15) is 0 Å². The third-order valence-corrected chi connectivity index (χ3v) is 2.56. The van der Waals surface area contributed by atoms with Crippen LogP contribution in [0.1, 0.15) is 48.5 Å². The fourth-order valence-corrected chi connectivity index (χ4v) is 1.85. The van der Waals surface area contributed by atoms with Crippen LogP contribution >= 0.6 is 0 Å². The summed E-state index contributed by atoms with van der Waals surface area (Å²) < 4.78 is 5.20. The second kappa shape index (κ2) is 5.45. The zero-order chi connectivity index (χ0) is 14.8. The van der Waals surface area contributed by atoms with Gasteiger partial charge in [0.2, 0.25) is 0 Å². The van der Waals surface area contributed by atoms with Gasteiger partial charge in [-0.05, 0) is 33.1 Å². The lowest BCUT2D eigenvalue weighted by atomic mass is 9.77. The first-order chi connectivity index (χ1) is 7.79. The lowest BCUT2D eigenvalue weighted by Gasteiger charge is -2.41. The number of carbonyl (C=O) groups is 1. The average molecular weight is 260 g/mol. The molecule has 0 saturated carbocycles. The van der Waals surface area contributed by atoms with Gasteiger partial charge in [-0.15, -0.1) is 0 Å². The molecule has 0 heterocycles. The molecule has 0 aromatic heterocycles. The van der Waals surface area contributed by atoms with Crippen molar-refractivity contribution < 1.29 is 14.6 Å². The molecular formula is C13H28N2O3. The molecule has 0 aliphatic carbocycles. The van der Waals surface area contributed by atoms with Crippen molar-refractivity contribution >= 4 is 6.09 Å². The van der Waals surface area contributed by atoms with E-state index in [1.807, 2.05) is 20.8 Å². The number of alkyl carbamates (subject to hydrolysis) is 1. The Balaban J connectivity index is 4.89. The van der Waals surface area contributed by atoms with Gasteiger partial charge < -0.3 is 20.9 Å². The van der Waals surface area contributed by atoms with Crippen LogP contribution in [0.5, 0.6) is 0 Å². The Hall–Kier alpha value is -0.810. The number of hydrogen-bond donors (Lipinski definition) is 3. The highest BCUT2D eigenvalue weighted by Crippen LogP contribution is 2.28. The van der Waals surface area contributed by atoms with Crippen LogP contribution in [-0.4, -0.2) is 35.0 Å². The van der Waals surface area contributed by atoms with Crippen molar-refractivity contribution in [3.05, 3.63) is 0 Å². The molecule has 2 atom stereocenters. The van der Waals surface area contributed by atoms with Crippen LogP contribution in [-0.2, 0) is 4.74 Å². The topological polar surface area (TPSA) is 84.6 Å². The zero-order valence-corrected chi connectivity index (χ0v) is 12.6. The van der Waals surface area contributed by atoms with Gasteiger partial charge in [0.05, 0.1) is 11.6 Å². The van der Waals surface area contributed by atoms with Crippen LogP contribution in [0.25, 0.3) is 0 Å². The van der Waals surface area contributed by atoms with Crippen LogP contribution in [0.2, 0.25) is 0 Å². The molecule has 0 fully saturated rings. The molecule has 1 amide bonds. The van der Waals surface area contributed by atoms with Crippen molar-refractivity contribution in [3.8, 4) is 0 Å². The van der Waals surface area contributed by atoms with E-state index < -0.39 is 23.3 Å². The van der Waals surface area contributed by atoms with E-state index in [4.69, 9.17) is 10.5 Å². The van der Waals surface area contributed by atoms with Crippen LogP contribution in [0.4, 0.5) is 4.79 Å². The zero-order valence-electron chi connectivity index (χ0n) is 12.6. The standard InChI is InChI=1S/C13H28N2O3/c1-11(2,3)9(13(7,17)8-14)15-10(16)18-12(4,5)6/h9,17H,8,14H2,1-7H3,(H,15,16). The van der Waals surface area contributed by atoms with Crippen molar-refractivity contribution in [2.24, 2.45) is 11.1 Å². The maximum absolute atomic E-state index is 11.8. The third kappa shape index (κ3) is 5.69. The van der Waals surface area contributed by atoms with E-state index in [1.54, 1.807) is 27.7 Å². The van der Waals surface area contributed by atoms with Gasteiger partial charge in [-0.25, -0.2) is 4.79 Å². The molecule has 5 nitrogen and oxygen atoms in total. The molecule has 0 spiro atoms. The Morgan fingerprint density at radius 2 is 1.67 bits per heavy atom. The van der Waals surface area contributed by atoms with E-state index in [9.17, 15) is 9.90 Å². The summed E-state index contributed by atoms with van der Waals surface area (Å²) in [4.78, 5) is 11.8. The van der Waals surface area contributed by atoms with Gasteiger partial charge in [0.25, 0.3) is 0 Å². The lowest BCUT2D eigenvalue weighted by molar-refractivity contribution is -0.0211. The number of ether oxygens (including phenoxy) is 1. The molecule has 0 aliphatic heterocycles. The van der Waals surface area contributed by atoms with Crippen LogP contribution in [0.15, 0.2) is 0 Å². The van der Waals surface area contributed by atoms with Gasteiger partial charge in [0.1, 0.15) is 5.60 Å². The fraction of sp³-hybridized carbons (Fsp3) is 0.923. The molecule has 108 valence electrons. The number of rotatable bonds is 3. The minimum atomic E-state index is -1.19. The predicted molar refractivity (Wildman–Crippen MR) is 72.3 cm³/mol. The molecule has 18 heavy (non-hydrogen) atoms. The normalized spacial score (nSPS) is 17.8. The first kappa shape index (κ1) is 17.2. The SMILES string of the molecule is CC(C)(C)OC(=O)NC(C(C)(C)C)C(C)(O)CN. The van der Waals surface area contributed by atoms with Gasteiger partial charge >= 0.3 is 6.09 Å². The summed E-state index contributed by atoms with van der Waals surface area (Å²) in [5, 5.41) is 13.0. The van der Waals surface area contributed by atoms with Crippen LogP contribution < -0.4 is 11.1 Å². The Morgan fingerprint density at radius 3 is 1.94 bits per heavy atom. The number of aliphatic hydroxyl groups is 1. The van der Waals surface area contributed by atoms with E-state index in [-0.39, 0.29) is 12.0 Å². The molecule has 0 bridgehead atoms. The smallest absolute Gasteiger partial charge is 0.407 e. The van der Waals surface area contributed by atoms with Crippen molar-refractivity contribution in [1.29, 1.82) is 0 Å². The summed E-state index contributed by atoms with van der Waals surface area (Å²) in [7, 11) is 0.